The molecule has 1 heterocycles. The van der Waals surface area contributed by atoms with E-state index >= 15 is 0 Å². The van der Waals surface area contributed by atoms with Crippen LogP contribution in [0.2, 0.25) is 0 Å². The monoisotopic (exact) mass is 270 g/mol. The summed E-state index contributed by atoms with van der Waals surface area (Å²) in [4.78, 5) is 23.6. The van der Waals surface area contributed by atoms with Gasteiger partial charge in [0.25, 0.3) is 0 Å². The molecule has 5 heteroatoms. The zero-order valence-corrected chi connectivity index (χ0v) is 12.2. The third kappa shape index (κ3) is 3.47. The lowest BCUT2D eigenvalue weighted by Crippen LogP contribution is -2.58. The molecule has 1 aliphatic rings. The lowest BCUT2D eigenvalue weighted by molar-refractivity contribution is -0.149. The van der Waals surface area contributed by atoms with Crippen LogP contribution in [0.15, 0.2) is 0 Å². The number of hydrogen-bond donors (Lipinski definition) is 3. The quantitative estimate of drug-likeness (QED) is 0.684. The number of nitrogens with one attached hydrogen (secondary N) is 2. The molecule has 1 aliphatic heterocycles. The lowest BCUT2D eigenvalue weighted by atomic mass is 9.82. The summed E-state index contributed by atoms with van der Waals surface area (Å²) >= 11 is 0. The van der Waals surface area contributed by atoms with Gasteiger partial charge in [0.05, 0.1) is 11.0 Å². The van der Waals surface area contributed by atoms with Crippen LogP contribution in [0.25, 0.3) is 0 Å². The van der Waals surface area contributed by atoms with E-state index in [-0.39, 0.29) is 12.5 Å². The van der Waals surface area contributed by atoms with Crippen LogP contribution in [0.5, 0.6) is 0 Å². The topological polar surface area (TPSA) is 78.4 Å². The normalized spacial score (nSPS) is 23.9. The Labute approximate surface area is 115 Å². The molecule has 0 radical (unpaired) electrons. The van der Waals surface area contributed by atoms with Crippen LogP contribution in [0.4, 0.5) is 0 Å². The molecule has 1 atom stereocenters. The SMILES string of the molecule is CCC(CC)(CNC(=O)C1(C)CCCCN1)C(=O)O. The molecule has 1 fully saturated rings. The van der Waals surface area contributed by atoms with Crippen molar-refractivity contribution in [2.24, 2.45) is 5.41 Å². The highest BCUT2D eigenvalue weighted by atomic mass is 16.4. The van der Waals surface area contributed by atoms with E-state index in [1.54, 1.807) is 0 Å². The smallest absolute Gasteiger partial charge is 0.311 e. The molecule has 0 aromatic heterocycles. The molecule has 0 saturated carbocycles. The van der Waals surface area contributed by atoms with Gasteiger partial charge in [-0.05, 0) is 45.6 Å². The molecule has 0 aromatic rings. The van der Waals surface area contributed by atoms with E-state index in [1.807, 2.05) is 20.8 Å². The van der Waals surface area contributed by atoms with Crippen LogP contribution in [0.1, 0.15) is 52.9 Å². The molecule has 0 aliphatic carbocycles. The molecule has 19 heavy (non-hydrogen) atoms. The molecule has 0 aromatic carbocycles. The molecule has 3 N–H and O–H groups in total. The summed E-state index contributed by atoms with van der Waals surface area (Å²) in [7, 11) is 0. The second-order valence-electron chi connectivity index (χ2n) is 5.69. The van der Waals surface area contributed by atoms with Gasteiger partial charge in [0.2, 0.25) is 5.91 Å². The van der Waals surface area contributed by atoms with Crippen LogP contribution >= 0.6 is 0 Å². The molecular formula is C14H26N2O3. The Kier molecular flexibility index (Phi) is 5.35. The molecule has 1 rings (SSSR count). The van der Waals surface area contributed by atoms with Gasteiger partial charge in [-0.2, -0.15) is 0 Å². The van der Waals surface area contributed by atoms with Gasteiger partial charge < -0.3 is 15.7 Å². The summed E-state index contributed by atoms with van der Waals surface area (Å²) in [5, 5.41) is 15.4. The molecule has 1 amide bonds. The summed E-state index contributed by atoms with van der Waals surface area (Å²) in [6.07, 6.45) is 3.96. The van der Waals surface area contributed by atoms with Gasteiger partial charge in [-0.1, -0.05) is 13.8 Å². The van der Waals surface area contributed by atoms with Crippen LogP contribution in [0.3, 0.4) is 0 Å². The predicted octanol–water partition coefficient (Wildman–Crippen LogP) is 1.53. The zero-order valence-electron chi connectivity index (χ0n) is 12.2. The van der Waals surface area contributed by atoms with Gasteiger partial charge in [-0.3, -0.25) is 9.59 Å². The second kappa shape index (κ2) is 6.37. The fourth-order valence-electron chi connectivity index (χ4n) is 2.57. The Balaban J connectivity index is 2.64. The summed E-state index contributed by atoms with van der Waals surface area (Å²) in [6, 6.07) is 0. The standard InChI is InChI=1S/C14H26N2O3/c1-4-14(5-2,12(18)19)10-15-11(17)13(3)8-6-7-9-16-13/h16H,4-10H2,1-3H3,(H,15,17)(H,18,19). The van der Waals surface area contributed by atoms with Gasteiger partial charge in [0, 0.05) is 6.54 Å². The van der Waals surface area contributed by atoms with E-state index in [1.165, 1.54) is 0 Å². The fraction of sp³-hybridized carbons (Fsp3) is 0.857. The number of hydrogen-bond acceptors (Lipinski definition) is 3. The Morgan fingerprint density at radius 1 is 1.32 bits per heavy atom. The van der Waals surface area contributed by atoms with Gasteiger partial charge >= 0.3 is 5.97 Å². The fourth-order valence-corrected chi connectivity index (χ4v) is 2.57. The Morgan fingerprint density at radius 2 is 1.95 bits per heavy atom. The number of carboxylic acids is 1. The van der Waals surface area contributed by atoms with E-state index in [9.17, 15) is 14.7 Å². The number of amides is 1. The average molecular weight is 270 g/mol. The Hall–Kier alpha value is -1.10. The van der Waals surface area contributed by atoms with Crippen molar-refractivity contribution in [2.75, 3.05) is 13.1 Å². The number of aliphatic carboxylic acids is 1. The van der Waals surface area contributed by atoms with Crippen LogP contribution in [-0.4, -0.2) is 35.6 Å². The van der Waals surface area contributed by atoms with E-state index in [0.29, 0.717) is 12.8 Å². The first-order chi connectivity index (χ1) is 8.90. The van der Waals surface area contributed by atoms with Gasteiger partial charge in [-0.25, -0.2) is 0 Å². The van der Waals surface area contributed by atoms with Crippen molar-refractivity contribution in [2.45, 2.75) is 58.4 Å². The third-order valence-corrected chi connectivity index (χ3v) is 4.51. The molecule has 110 valence electrons. The van der Waals surface area contributed by atoms with Gasteiger partial charge in [0.1, 0.15) is 0 Å². The number of piperidine rings is 1. The number of rotatable bonds is 6. The first-order valence-corrected chi connectivity index (χ1v) is 7.17. The minimum Gasteiger partial charge on any atom is -0.481 e. The summed E-state index contributed by atoms with van der Waals surface area (Å²) < 4.78 is 0. The molecule has 0 bridgehead atoms. The number of carbonyl (C=O) groups excluding carboxylic acids is 1. The third-order valence-electron chi connectivity index (χ3n) is 4.51. The largest absolute Gasteiger partial charge is 0.481 e. The van der Waals surface area contributed by atoms with Crippen LogP contribution < -0.4 is 10.6 Å². The first kappa shape index (κ1) is 16.0. The molecular weight excluding hydrogens is 244 g/mol. The van der Waals surface area contributed by atoms with E-state index in [2.05, 4.69) is 10.6 Å². The molecule has 5 nitrogen and oxygen atoms in total. The Morgan fingerprint density at radius 3 is 2.37 bits per heavy atom. The van der Waals surface area contributed by atoms with E-state index < -0.39 is 16.9 Å². The van der Waals surface area contributed by atoms with Crippen molar-refractivity contribution in [3.63, 3.8) is 0 Å². The summed E-state index contributed by atoms with van der Waals surface area (Å²) in [6.45, 7) is 6.64. The van der Waals surface area contributed by atoms with Crippen LogP contribution in [0, 0.1) is 5.41 Å². The van der Waals surface area contributed by atoms with Crippen molar-refractivity contribution >= 4 is 11.9 Å². The Bertz CT molecular complexity index is 332. The van der Waals surface area contributed by atoms with Gasteiger partial charge in [-0.15, -0.1) is 0 Å². The van der Waals surface area contributed by atoms with Crippen molar-refractivity contribution in [3.8, 4) is 0 Å². The zero-order chi connectivity index (χ0) is 14.5. The maximum absolute atomic E-state index is 12.3. The minimum atomic E-state index is -0.847. The minimum absolute atomic E-state index is 0.0836. The number of carboxylic acid groups (broad SMARTS) is 1. The highest BCUT2D eigenvalue weighted by Gasteiger charge is 2.39. The van der Waals surface area contributed by atoms with Crippen molar-refractivity contribution < 1.29 is 14.7 Å². The van der Waals surface area contributed by atoms with Gasteiger partial charge in [0.15, 0.2) is 0 Å². The number of carbonyl (C=O) groups is 2. The van der Waals surface area contributed by atoms with Crippen molar-refractivity contribution in [3.05, 3.63) is 0 Å². The lowest BCUT2D eigenvalue weighted by Gasteiger charge is -2.35. The van der Waals surface area contributed by atoms with E-state index in [4.69, 9.17) is 0 Å². The maximum atomic E-state index is 12.3. The average Bonchev–Trinajstić information content (AvgIpc) is 2.40. The highest BCUT2D eigenvalue weighted by molar-refractivity contribution is 5.86. The van der Waals surface area contributed by atoms with Crippen molar-refractivity contribution in [1.82, 2.24) is 10.6 Å². The van der Waals surface area contributed by atoms with E-state index in [0.717, 1.165) is 25.8 Å². The maximum Gasteiger partial charge on any atom is 0.311 e. The van der Waals surface area contributed by atoms with Crippen LogP contribution in [-0.2, 0) is 9.59 Å². The summed E-state index contributed by atoms with van der Waals surface area (Å²) in [5.41, 5.74) is -1.40. The predicted molar refractivity (Wildman–Crippen MR) is 73.9 cm³/mol. The highest BCUT2D eigenvalue weighted by Crippen LogP contribution is 2.26. The first-order valence-electron chi connectivity index (χ1n) is 7.17. The molecule has 1 unspecified atom stereocenters. The van der Waals surface area contributed by atoms with Crippen molar-refractivity contribution in [1.29, 1.82) is 0 Å². The summed E-state index contributed by atoms with van der Waals surface area (Å²) in [5.74, 6) is -0.917. The molecule has 0 spiro atoms. The second-order valence-corrected chi connectivity index (χ2v) is 5.69. The molecule has 1 saturated heterocycles.